The van der Waals surface area contributed by atoms with Gasteiger partial charge in [0.2, 0.25) is 5.88 Å². The van der Waals surface area contributed by atoms with Gasteiger partial charge in [-0.3, -0.25) is 15.0 Å². The molecule has 1 aliphatic carbocycles. The van der Waals surface area contributed by atoms with Crippen LogP contribution in [0.2, 0.25) is 0 Å². The average Bonchev–Trinajstić information content (AvgIpc) is 3.35. The van der Waals surface area contributed by atoms with Crippen molar-refractivity contribution in [2.45, 2.75) is 32.2 Å². The number of fused-ring (bicyclic) bond motifs is 1. The number of nitrogens with one attached hydrogen (secondary N) is 3. The fraction of sp³-hybridized carbons (Fsp3) is 0.273. The van der Waals surface area contributed by atoms with Gasteiger partial charge >= 0.3 is 6.03 Å². The van der Waals surface area contributed by atoms with E-state index in [1.165, 1.54) is 19.2 Å². The van der Waals surface area contributed by atoms with Crippen LogP contribution in [0.5, 0.6) is 11.6 Å². The summed E-state index contributed by atoms with van der Waals surface area (Å²) in [5.41, 5.74) is 3.64. The molecule has 31 heavy (non-hydrogen) atoms. The SMILES string of the molecule is CNCc1cc(Oc2ccc3c(ccn3C(=O)Nc3cc(C4CC4)[nH]n3)c2C)ncn1. The number of aromatic nitrogens is 5. The van der Waals surface area contributed by atoms with E-state index in [4.69, 9.17) is 4.74 Å². The topological polar surface area (TPSA) is 110 Å². The van der Waals surface area contributed by atoms with Gasteiger partial charge in [-0.05, 0) is 45.0 Å². The maximum atomic E-state index is 12.8. The summed E-state index contributed by atoms with van der Waals surface area (Å²) in [6, 6.07) is 9.07. The van der Waals surface area contributed by atoms with Crippen LogP contribution >= 0.6 is 0 Å². The second-order valence-corrected chi connectivity index (χ2v) is 7.70. The van der Waals surface area contributed by atoms with Gasteiger partial charge in [0.1, 0.15) is 12.1 Å². The van der Waals surface area contributed by atoms with Gasteiger partial charge in [0.15, 0.2) is 5.82 Å². The molecule has 9 heteroatoms. The van der Waals surface area contributed by atoms with E-state index in [2.05, 4.69) is 30.8 Å². The van der Waals surface area contributed by atoms with Crippen LogP contribution in [0.25, 0.3) is 10.9 Å². The van der Waals surface area contributed by atoms with Crippen molar-refractivity contribution >= 4 is 22.8 Å². The third-order valence-electron chi connectivity index (χ3n) is 5.43. The maximum absolute atomic E-state index is 12.8. The second-order valence-electron chi connectivity index (χ2n) is 7.70. The highest BCUT2D eigenvalue weighted by Gasteiger charge is 2.26. The summed E-state index contributed by atoms with van der Waals surface area (Å²) < 4.78 is 7.57. The summed E-state index contributed by atoms with van der Waals surface area (Å²) in [6.07, 6.45) is 5.59. The van der Waals surface area contributed by atoms with E-state index < -0.39 is 0 Å². The standard InChI is InChI=1S/C22H23N7O2/c1-13-16-7-8-29(22(30)26-20-10-17(27-28-20)14-3-4-14)18(16)5-6-19(13)31-21-9-15(11-23-2)24-12-25-21/h5-10,12,14,23H,3-4,11H2,1-2H3,(H2,26,27,28,30). The minimum Gasteiger partial charge on any atom is -0.439 e. The number of rotatable bonds is 6. The van der Waals surface area contributed by atoms with Crippen molar-refractivity contribution < 1.29 is 9.53 Å². The molecule has 0 radical (unpaired) electrons. The van der Waals surface area contributed by atoms with Gasteiger partial charge in [0, 0.05) is 47.4 Å². The monoisotopic (exact) mass is 417 g/mol. The number of carbonyl (C=O) groups is 1. The summed E-state index contributed by atoms with van der Waals surface area (Å²) in [5.74, 6) is 2.24. The largest absolute Gasteiger partial charge is 0.439 e. The molecule has 158 valence electrons. The zero-order chi connectivity index (χ0) is 21.4. The Balaban J connectivity index is 1.37. The Bertz CT molecular complexity index is 1260. The predicted octanol–water partition coefficient (Wildman–Crippen LogP) is 3.93. The smallest absolute Gasteiger partial charge is 0.331 e. The molecule has 3 N–H and O–H groups in total. The number of aryl methyl sites for hydroxylation is 1. The Labute approximate surface area is 178 Å². The van der Waals surface area contributed by atoms with Gasteiger partial charge in [-0.1, -0.05) is 0 Å². The van der Waals surface area contributed by atoms with Crippen molar-refractivity contribution in [3.05, 3.63) is 59.8 Å². The van der Waals surface area contributed by atoms with Crippen LogP contribution in [0.4, 0.5) is 10.6 Å². The molecule has 5 rings (SSSR count). The molecule has 0 saturated heterocycles. The lowest BCUT2D eigenvalue weighted by atomic mass is 10.1. The molecule has 0 spiro atoms. The fourth-order valence-corrected chi connectivity index (χ4v) is 3.63. The number of H-pyrrole nitrogens is 1. The highest BCUT2D eigenvalue weighted by atomic mass is 16.5. The Kier molecular flexibility index (Phi) is 4.87. The molecule has 1 fully saturated rings. The first kappa shape index (κ1) is 19.3. The molecule has 4 aromatic rings. The third kappa shape index (κ3) is 3.87. The first-order valence-electron chi connectivity index (χ1n) is 10.2. The van der Waals surface area contributed by atoms with Crippen molar-refractivity contribution in [3.8, 4) is 11.6 Å². The third-order valence-corrected chi connectivity index (χ3v) is 5.43. The Hall–Kier alpha value is -3.72. The van der Waals surface area contributed by atoms with Crippen LogP contribution in [-0.2, 0) is 6.54 Å². The number of aromatic amines is 1. The summed E-state index contributed by atoms with van der Waals surface area (Å²) in [7, 11) is 1.86. The van der Waals surface area contributed by atoms with E-state index >= 15 is 0 Å². The van der Waals surface area contributed by atoms with E-state index in [9.17, 15) is 4.79 Å². The van der Waals surface area contributed by atoms with E-state index in [1.807, 2.05) is 38.2 Å². The van der Waals surface area contributed by atoms with Crippen molar-refractivity contribution in [2.75, 3.05) is 12.4 Å². The molecule has 1 aromatic carbocycles. The van der Waals surface area contributed by atoms with Gasteiger partial charge < -0.3 is 10.1 Å². The molecule has 0 aliphatic heterocycles. The summed E-state index contributed by atoms with van der Waals surface area (Å²) in [5, 5.41) is 14.0. The molecule has 3 heterocycles. The van der Waals surface area contributed by atoms with Crippen LogP contribution in [0.1, 0.15) is 35.7 Å². The molecule has 0 bridgehead atoms. The van der Waals surface area contributed by atoms with E-state index in [-0.39, 0.29) is 6.03 Å². The molecular weight excluding hydrogens is 394 g/mol. The predicted molar refractivity (Wildman–Crippen MR) is 117 cm³/mol. The van der Waals surface area contributed by atoms with Gasteiger partial charge in [-0.15, -0.1) is 0 Å². The number of amides is 1. The number of hydrogen-bond acceptors (Lipinski definition) is 6. The number of nitrogens with zero attached hydrogens (tertiary/aromatic N) is 4. The molecule has 0 atom stereocenters. The van der Waals surface area contributed by atoms with Crippen LogP contribution in [-0.4, -0.2) is 37.8 Å². The number of benzene rings is 1. The van der Waals surface area contributed by atoms with Gasteiger partial charge in [0.25, 0.3) is 0 Å². The van der Waals surface area contributed by atoms with Crippen LogP contribution < -0.4 is 15.4 Å². The highest BCUT2D eigenvalue weighted by Crippen LogP contribution is 2.39. The fourth-order valence-electron chi connectivity index (χ4n) is 3.63. The number of anilines is 1. The zero-order valence-electron chi connectivity index (χ0n) is 17.3. The maximum Gasteiger partial charge on any atom is 0.331 e. The normalized spacial score (nSPS) is 13.5. The molecule has 1 saturated carbocycles. The molecule has 9 nitrogen and oxygen atoms in total. The number of carbonyl (C=O) groups excluding carboxylic acids is 1. The van der Waals surface area contributed by atoms with E-state index in [0.29, 0.717) is 29.9 Å². The minimum atomic E-state index is -0.260. The van der Waals surface area contributed by atoms with Gasteiger partial charge in [0.05, 0.1) is 11.2 Å². The number of hydrogen-bond donors (Lipinski definition) is 3. The summed E-state index contributed by atoms with van der Waals surface area (Å²) in [6.45, 7) is 2.60. The lowest BCUT2D eigenvalue weighted by Crippen LogP contribution is -2.18. The Morgan fingerprint density at radius 2 is 2.13 bits per heavy atom. The quantitative estimate of drug-likeness (QED) is 0.438. The van der Waals surface area contributed by atoms with Crippen molar-refractivity contribution in [2.24, 2.45) is 0 Å². The van der Waals surface area contributed by atoms with Crippen molar-refractivity contribution in [1.82, 2.24) is 30.0 Å². The lowest BCUT2D eigenvalue weighted by Gasteiger charge is -2.10. The molecule has 1 amide bonds. The first-order chi connectivity index (χ1) is 15.1. The summed E-state index contributed by atoms with van der Waals surface area (Å²) >= 11 is 0. The average molecular weight is 417 g/mol. The van der Waals surface area contributed by atoms with Crippen LogP contribution in [0, 0.1) is 6.92 Å². The molecular formula is C22H23N7O2. The zero-order valence-corrected chi connectivity index (χ0v) is 17.3. The molecule has 0 unspecified atom stereocenters. The van der Waals surface area contributed by atoms with Crippen molar-refractivity contribution in [3.63, 3.8) is 0 Å². The van der Waals surface area contributed by atoms with Gasteiger partial charge in [-0.25, -0.2) is 14.8 Å². The van der Waals surface area contributed by atoms with Crippen LogP contribution in [0.3, 0.4) is 0 Å². The van der Waals surface area contributed by atoms with Crippen molar-refractivity contribution in [1.29, 1.82) is 0 Å². The number of ether oxygens (including phenoxy) is 1. The minimum absolute atomic E-state index is 0.260. The first-order valence-corrected chi connectivity index (χ1v) is 10.2. The molecule has 1 aliphatic rings. The van der Waals surface area contributed by atoms with E-state index in [1.54, 1.807) is 16.8 Å². The Morgan fingerprint density at radius 1 is 1.26 bits per heavy atom. The van der Waals surface area contributed by atoms with Gasteiger partial charge in [-0.2, -0.15) is 5.10 Å². The highest BCUT2D eigenvalue weighted by molar-refractivity contribution is 5.99. The Morgan fingerprint density at radius 3 is 2.94 bits per heavy atom. The van der Waals surface area contributed by atoms with Crippen LogP contribution in [0.15, 0.2) is 42.9 Å². The van der Waals surface area contributed by atoms with E-state index in [0.717, 1.165) is 27.9 Å². The second kappa shape index (κ2) is 7.84. The lowest BCUT2D eigenvalue weighted by molar-refractivity contribution is 0.254. The summed E-state index contributed by atoms with van der Waals surface area (Å²) in [4.78, 5) is 21.2. The molecule has 3 aromatic heterocycles.